The van der Waals surface area contributed by atoms with Gasteiger partial charge in [-0.1, -0.05) is 6.92 Å². The molecule has 84 valence electrons. The summed E-state index contributed by atoms with van der Waals surface area (Å²) in [6.07, 6.45) is 4.28. The van der Waals surface area contributed by atoms with Gasteiger partial charge < -0.3 is 5.32 Å². The average molecular weight is 230 g/mol. The molecule has 0 spiro atoms. The van der Waals surface area contributed by atoms with E-state index >= 15 is 0 Å². The molecular formula is C8H14N4O2S. The van der Waals surface area contributed by atoms with Gasteiger partial charge in [-0.15, -0.1) is 0 Å². The number of nitrogens with zero attached hydrogens (tertiary/aromatic N) is 2. The Bertz CT molecular complexity index is 379. The van der Waals surface area contributed by atoms with Crippen LogP contribution < -0.4 is 10.0 Å². The van der Waals surface area contributed by atoms with E-state index in [9.17, 15) is 8.42 Å². The molecule has 0 bridgehead atoms. The van der Waals surface area contributed by atoms with E-state index in [-0.39, 0.29) is 11.6 Å². The maximum atomic E-state index is 11.5. The van der Waals surface area contributed by atoms with Crippen LogP contribution >= 0.6 is 0 Å². The molecule has 0 radical (unpaired) electrons. The standard InChI is InChI=1S/C8H14N4O2S/c1-2-9-5-6-15(13,14)12-8-7-10-3-4-11-8/h3-4,7,9H,2,5-6H2,1H3,(H,11,12). The minimum atomic E-state index is -3.32. The van der Waals surface area contributed by atoms with Gasteiger partial charge in [0.15, 0.2) is 5.82 Å². The largest absolute Gasteiger partial charge is 0.316 e. The number of hydrogen-bond acceptors (Lipinski definition) is 5. The maximum Gasteiger partial charge on any atom is 0.235 e. The van der Waals surface area contributed by atoms with Gasteiger partial charge in [-0.25, -0.2) is 13.4 Å². The summed E-state index contributed by atoms with van der Waals surface area (Å²) >= 11 is 0. The summed E-state index contributed by atoms with van der Waals surface area (Å²) in [5, 5.41) is 2.93. The van der Waals surface area contributed by atoms with Crippen LogP contribution in [-0.2, 0) is 10.0 Å². The van der Waals surface area contributed by atoms with Crippen LogP contribution in [0.15, 0.2) is 18.6 Å². The predicted molar refractivity (Wildman–Crippen MR) is 58.0 cm³/mol. The molecule has 0 amide bonds. The van der Waals surface area contributed by atoms with E-state index in [0.29, 0.717) is 6.54 Å². The van der Waals surface area contributed by atoms with Crippen LogP contribution in [-0.4, -0.2) is 37.2 Å². The first kappa shape index (κ1) is 11.9. The number of nitrogens with one attached hydrogen (secondary N) is 2. The fraction of sp³-hybridized carbons (Fsp3) is 0.500. The van der Waals surface area contributed by atoms with Crippen LogP contribution in [0.1, 0.15) is 6.92 Å². The molecule has 2 N–H and O–H groups in total. The van der Waals surface area contributed by atoms with Crippen molar-refractivity contribution in [2.24, 2.45) is 0 Å². The third-order valence-corrected chi connectivity index (χ3v) is 2.88. The van der Waals surface area contributed by atoms with Crippen molar-refractivity contribution in [3.8, 4) is 0 Å². The lowest BCUT2D eigenvalue weighted by atomic mass is 10.7. The van der Waals surface area contributed by atoms with Crippen molar-refractivity contribution in [3.05, 3.63) is 18.6 Å². The molecule has 0 saturated carbocycles. The van der Waals surface area contributed by atoms with Gasteiger partial charge >= 0.3 is 0 Å². The molecule has 0 saturated heterocycles. The molecule has 15 heavy (non-hydrogen) atoms. The molecule has 1 aromatic heterocycles. The molecule has 1 aromatic rings. The lowest BCUT2D eigenvalue weighted by Gasteiger charge is -2.06. The van der Waals surface area contributed by atoms with Crippen LogP contribution in [0.3, 0.4) is 0 Å². The second kappa shape index (κ2) is 5.62. The van der Waals surface area contributed by atoms with Gasteiger partial charge in [-0.05, 0) is 6.54 Å². The van der Waals surface area contributed by atoms with Gasteiger partial charge in [0.05, 0.1) is 11.9 Å². The van der Waals surface area contributed by atoms with Crippen molar-refractivity contribution in [3.63, 3.8) is 0 Å². The highest BCUT2D eigenvalue weighted by atomic mass is 32.2. The zero-order chi connectivity index (χ0) is 11.1. The summed E-state index contributed by atoms with van der Waals surface area (Å²) < 4.78 is 25.2. The van der Waals surface area contributed by atoms with Gasteiger partial charge in [0.25, 0.3) is 0 Å². The molecule has 1 heterocycles. The number of anilines is 1. The Morgan fingerprint density at radius 3 is 2.80 bits per heavy atom. The Hall–Kier alpha value is -1.21. The minimum absolute atomic E-state index is 0.0252. The molecule has 6 nitrogen and oxygen atoms in total. The molecule has 0 aliphatic heterocycles. The van der Waals surface area contributed by atoms with Crippen molar-refractivity contribution < 1.29 is 8.42 Å². The summed E-state index contributed by atoms with van der Waals surface area (Å²) in [5.41, 5.74) is 0. The van der Waals surface area contributed by atoms with Gasteiger partial charge in [-0.2, -0.15) is 0 Å². The van der Waals surface area contributed by atoms with Crippen molar-refractivity contribution >= 4 is 15.8 Å². The summed E-state index contributed by atoms with van der Waals surface area (Å²) in [7, 11) is -3.32. The van der Waals surface area contributed by atoms with Crippen LogP contribution in [0.4, 0.5) is 5.82 Å². The van der Waals surface area contributed by atoms with E-state index in [0.717, 1.165) is 6.54 Å². The lowest BCUT2D eigenvalue weighted by Crippen LogP contribution is -2.26. The summed E-state index contributed by atoms with van der Waals surface area (Å²) in [5.74, 6) is 0.270. The first-order valence-corrected chi connectivity index (χ1v) is 6.26. The van der Waals surface area contributed by atoms with Gasteiger partial charge in [0, 0.05) is 18.9 Å². The van der Waals surface area contributed by atoms with E-state index in [1.54, 1.807) is 0 Å². The molecule has 0 aliphatic carbocycles. The average Bonchev–Trinajstić information content (AvgIpc) is 2.18. The minimum Gasteiger partial charge on any atom is -0.316 e. The fourth-order valence-corrected chi connectivity index (χ4v) is 1.88. The van der Waals surface area contributed by atoms with Crippen LogP contribution in [0.25, 0.3) is 0 Å². The van der Waals surface area contributed by atoms with E-state index < -0.39 is 10.0 Å². The van der Waals surface area contributed by atoms with Gasteiger partial charge in [0.1, 0.15) is 0 Å². The Morgan fingerprint density at radius 1 is 1.40 bits per heavy atom. The van der Waals surface area contributed by atoms with E-state index in [1.807, 2.05) is 6.92 Å². The van der Waals surface area contributed by atoms with E-state index in [1.165, 1.54) is 18.6 Å². The Balaban J connectivity index is 2.50. The second-order valence-corrected chi connectivity index (χ2v) is 4.71. The van der Waals surface area contributed by atoms with E-state index in [4.69, 9.17) is 0 Å². The third-order valence-electron chi connectivity index (χ3n) is 1.62. The SMILES string of the molecule is CCNCCS(=O)(=O)Nc1cnccn1. The van der Waals surface area contributed by atoms with Crippen LogP contribution in [0, 0.1) is 0 Å². The van der Waals surface area contributed by atoms with Crippen molar-refractivity contribution in [1.29, 1.82) is 0 Å². The topological polar surface area (TPSA) is 84.0 Å². The highest BCUT2D eigenvalue weighted by Crippen LogP contribution is 2.00. The van der Waals surface area contributed by atoms with Crippen molar-refractivity contribution in [2.45, 2.75) is 6.92 Å². The number of hydrogen-bond donors (Lipinski definition) is 2. The third kappa shape index (κ3) is 4.71. The number of sulfonamides is 1. The number of rotatable bonds is 6. The maximum absolute atomic E-state index is 11.5. The first-order valence-electron chi connectivity index (χ1n) is 4.61. The lowest BCUT2D eigenvalue weighted by molar-refractivity contribution is 0.597. The zero-order valence-corrected chi connectivity index (χ0v) is 9.29. The van der Waals surface area contributed by atoms with E-state index in [2.05, 4.69) is 20.0 Å². The molecule has 1 rings (SSSR count). The molecule has 0 aliphatic rings. The normalized spacial score (nSPS) is 11.3. The van der Waals surface area contributed by atoms with Gasteiger partial charge in [0.2, 0.25) is 10.0 Å². The molecule has 0 fully saturated rings. The summed E-state index contributed by atoms with van der Waals surface area (Å²) in [6, 6.07) is 0. The van der Waals surface area contributed by atoms with Gasteiger partial charge in [-0.3, -0.25) is 9.71 Å². The summed E-state index contributed by atoms with van der Waals surface area (Å²) in [4.78, 5) is 7.58. The van der Waals surface area contributed by atoms with Crippen LogP contribution in [0.2, 0.25) is 0 Å². The monoisotopic (exact) mass is 230 g/mol. The smallest absolute Gasteiger partial charge is 0.235 e. The fourth-order valence-electron chi connectivity index (χ4n) is 0.945. The van der Waals surface area contributed by atoms with Crippen molar-refractivity contribution in [1.82, 2.24) is 15.3 Å². The molecule has 0 atom stereocenters. The first-order chi connectivity index (χ1) is 7.14. The Kier molecular flexibility index (Phi) is 4.44. The van der Waals surface area contributed by atoms with Crippen LogP contribution in [0.5, 0.6) is 0 Å². The molecule has 7 heteroatoms. The Labute approximate surface area is 89.2 Å². The Morgan fingerprint density at radius 2 is 2.20 bits per heavy atom. The van der Waals surface area contributed by atoms with Crippen molar-refractivity contribution in [2.75, 3.05) is 23.6 Å². The molecule has 0 aromatic carbocycles. The predicted octanol–water partition coefficient (Wildman–Crippen LogP) is -0.172. The zero-order valence-electron chi connectivity index (χ0n) is 8.47. The molecular weight excluding hydrogens is 216 g/mol. The summed E-state index contributed by atoms with van der Waals surface area (Å²) in [6.45, 7) is 3.09. The number of aromatic nitrogens is 2. The second-order valence-electron chi connectivity index (χ2n) is 2.87. The quantitative estimate of drug-likeness (QED) is 0.663. The molecule has 0 unspecified atom stereocenters. The highest BCUT2D eigenvalue weighted by Gasteiger charge is 2.09. The highest BCUT2D eigenvalue weighted by molar-refractivity contribution is 7.92.